The van der Waals surface area contributed by atoms with Crippen molar-refractivity contribution in [1.29, 1.82) is 0 Å². The number of carbonyl (C=O) groups is 1. The van der Waals surface area contributed by atoms with Crippen LogP contribution in [0.25, 0.3) is 5.69 Å². The summed E-state index contributed by atoms with van der Waals surface area (Å²) in [6.45, 7) is 7.46. The minimum atomic E-state index is -0.568. The highest BCUT2D eigenvalue weighted by molar-refractivity contribution is 6.30. The molecule has 0 amide bonds. The highest BCUT2D eigenvalue weighted by Gasteiger charge is 2.25. The van der Waals surface area contributed by atoms with E-state index in [9.17, 15) is 4.79 Å². The molecule has 1 aromatic carbocycles. The summed E-state index contributed by atoms with van der Waals surface area (Å²) in [5.74, 6) is 0.134. The first-order valence-corrected chi connectivity index (χ1v) is 7.26. The fraction of sp³-hybridized carbons (Fsp3) is 0.375. The quantitative estimate of drug-likeness (QED) is 0.804. The van der Waals surface area contributed by atoms with Gasteiger partial charge in [0, 0.05) is 11.1 Å². The first-order chi connectivity index (χ1) is 9.81. The summed E-state index contributed by atoms with van der Waals surface area (Å²) < 4.78 is 7.13. The summed E-state index contributed by atoms with van der Waals surface area (Å²) >= 11 is 5.90. The van der Waals surface area contributed by atoms with Gasteiger partial charge >= 0.3 is 5.97 Å². The lowest BCUT2D eigenvalue weighted by Gasteiger charge is -2.16. The van der Waals surface area contributed by atoms with Gasteiger partial charge in [-0.3, -0.25) is 4.79 Å². The van der Waals surface area contributed by atoms with Crippen molar-refractivity contribution in [3.05, 3.63) is 41.0 Å². The zero-order valence-electron chi connectivity index (χ0n) is 12.7. The maximum absolute atomic E-state index is 12.1. The number of rotatable bonds is 3. The van der Waals surface area contributed by atoms with Gasteiger partial charge in [0.15, 0.2) is 0 Å². The molecule has 0 aliphatic heterocycles. The molecule has 0 radical (unpaired) electrons. The van der Waals surface area contributed by atoms with Gasteiger partial charge in [-0.2, -0.15) is 5.10 Å². The van der Waals surface area contributed by atoms with Gasteiger partial charge in [-0.1, -0.05) is 18.5 Å². The largest absolute Gasteiger partial charge is 0.407 e. The van der Waals surface area contributed by atoms with Gasteiger partial charge in [0.1, 0.15) is 0 Å². The molecule has 0 fully saturated rings. The van der Waals surface area contributed by atoms with E-state index in [1.165, 1.54) is 0 Å². The maximum Gasteiger partial charge on any atom is 0.317 e. The van der Waals surface area contributed by atoms with Crippen molar-refractivity contribution < 1.29 is 9.53 Å². The molecule has 0 bridgehead atoms. The van der Waals surface area contributed by atoms with Gasteiger partial charge < -0.3 is 4.74 Å². The lowest BCUT2D eigenvalue weighted by atomic mass is 9.97. The Morgan fingerprint density at radius 2 is 1.90 bits per heavy atom. The molecule has 0 N–H and O–H groups in total. The van der Waals surface area contributed by atoms with Crippen molar-refractivity contribution in [3.8, 4) is 11.6 Å². The van der Waals surface area contributed by atoms with Crippen LogP contribution in [-0.4, -0.2) is 15.7 Å². The zero-order valence-corrected chi connectivity index (χ0v) is 13.4. The number of hydrogen-bond acceptors (Lipinski definition) is 3. The molecule has 2 aromatic rings. The SMILES string of the molecule is CCc1cc(OC(=O)C(C)(C)C)n(-c2ccc(Cl)cc2)n1. The molecule has 112 valence electrons. The Hall–Kier alpha value is -1.81. The van der Waals surface area contributed by atoms with Crippen molar-refractivity contribution in [1.82, 2.24) is 9.78 Å². The predicted octanol–water partition coefficient (Wildman–Crippen LogP) is 4.04. The molecule has 0 aliphatic rings. The second-order valence-corrected chi connectivity index (χ2v) is 6.29. The fourth-order valence-electron chi connectivity index (χ4n) is 1.67. The number of carbonyl (C=O) groups excluding carboxylic acids is 1. The van der Waals surface area contributed by atoms with Gasteiger partial charge in [0.05, 0.1) is 16.8 Å². The van der Waals surface area contributed by atoms with E-state index < -0.39 is 5.41 Å². The molecule has 0 atom stereocenters. The molecule has 0 spiro atoms. The second-order valence-electron chi connectivity index (χ2n) is 5.86. The molecule has 0 saturated carbocycles. The van der Waals surface area contributed by atoms with Crippen molar-refractivity contribution in [2.24, 2.45) is 5.41 Å². The van der Waals surface area contributed by atoms with E-state index in [0.717, 1.165) is 17.8 Å². The molecule has 21 heavy (non-hydrogen) atoms. The van der Waals surface area contributed by atoms with Crippen LogP contribution in [0, 0.1) is 5.41 Å². The van der Waals surface area contributed by atoms with Crippen LogP contribution in [0.1, 0.15) is 33.4 Å². The molecule has 0 unspecified atom stereocenters. The second kappa shape index (κ2) is 5.90. The summed E-state index contributed by atoms with van der Waals surface area (Å²) in [6, 6.07) is 9.02. The minimum Gasteiger partial charge on any atom is -0.407 e. The van der Waals surface area contributed by atoms with Gasteiger partial charge in [-0.25, -0.2) is 4.68 Å². The number of ether oxygens (including phenoxy) is 1. The number of benzene rings is 1. The van der Waals surface area contributed by atoms with Gasteiger partial charge in [0.25, 0.3) is 0 Å². The highest BCUT2D eigenvalue weighted by atomic mass is 35.5. The van der Waals surface area contributed by atoms with E-state index >= 15 is 0 Å². The normalized spacial score (nSPS) is 11.5. The molecule has 0 saturated heterocycles. The van der Waals surface area contributed by atoms with Crippen molar-refractivity contribution in [2.75, 3.05) is 0 Å². The smallest absolute Gasteiger partial charge is 0.317 e. The van der Waals surface area contributed by atoms with Crippen LogP contribution in [0.3, 0.4) is 0 Å². The Kier molecular flexibility index (Phi) is 4.37. The van der Waals surface area contributed by atoms with Crippen LogP contribution < -0.4 is 4.74 Å². The van der Waals surface area contributed by atoms with Crippen molar-refractivity contribution in [2.45, 2.75) is 34.1 Å². The molecule has 1 heterocycles. The molecule has 4 nitrogen and oxygen atoms in total. The number of aryl methyl sites for hydroxylation is 1. The number of esters is 1. The third-order valence-electron chi connectivity index (χ3n) is 2.97. The first kappa shape index (κ1) is 15.6. The van der Waals surface area contributed by atoms with E-state index in [-0.39, 0.29) is 5.97 Å². The Bertz CT molecular complexity index is 639. The summed E-state index contributed by atoms with van der Waals surface area (Å²) in [5.41, 5.74) is 1.10. The standard InChI is InChI=1S/C16H19ClN2O2/c1-5-12-10-14(21-15(20)16(2,3)4)19(18-12)13-8-6-11(17)7-9-13/h6-10H,5H2,1-4H3. The third-order valence-corrected chi connectivity index (χ3v) is 3.22. The molecule has 5 heteroatoms. The first-order valence-electron chi connectivity index (χ1n) is 6.88. The van der Waals surface area contributed by atoms with E-state index in [1.54, 1.807) is 22.9 Å². The Morgan fingerprint density at radius 3 is 2.43 bits per heavy atom. The van der Waals surface area contributed by atoms with Crippen molar-refractivity contribution in [3.63, 3.8) is 0 Å². The summed E-state index contributed by atoms with van der Waals surface area (Å²) in [7, 11) is 0. The zero-order chi connectivity index (χ0) is 15.6. The van der Waals surface area contributed by atoms with E-state index in [1.807, 2.05) is 39.8 Å². The van der Waals surface area contributed by atoms with Crippen molar-refractivity contribution >= 4 is 17.6 Å². The Labute approximate surface area is 129 Å². The molecule has 0 aliphatic carbocycles. The Balaban J connectivity index is 2.39. The number of hydrogen-bond donors (Lipinski definition) is 0. The van der Waals surface area contributed by atoms with E-state index in [0.29, 0.717) is 10.9 Å². The van der Waals surface area contributed by atoms with Crippen LogP contribution in [0.15, 0.2) is 30.3 Å². The highest BCUT2D eigenvalue weighted by Crippen LogP contribution is 2.24. The van der Waals surface area contributed by atoms with Crippen LogP contribution in [-0.2, 0) is 11.2 Å². The Morgan fingerprint density at radius 1 is 1.29 bits per heavy atom. The molecule has 2 rings (SSSR count). The van der Waals surface area contributed by atoms with E-state index in [2.05, 4.69) is 5.10 Å². The fourth-order valence-corrected chi connectivity index (χ4v) is 1.80. The summed E-state index contributed by atoms with van der Waals surface area (Å²) in [5, 5.41) is 5.11. The van der Waals surface area contributed by atoms with Gasteiger partial charge in [-0.05, 0) is 51.5 Å². The predicted molar refractivity (Wildman–Crippen MR) is 83.0 cm³/mol. The van der Waals surface area contributed by atoms with Gasteiger partial charge in [-0.15, -0.1) is 0 Å². The topological polar surface area (TPSA) is 44.1 Å². The lowest BCUT2D eigenvalue weighted by Crippen LogP contribution is -2.26. The average Bonchev–Trinajstić information content (AvgIpc) is 2.81. The van der Waals surface area contributed by atoms with Crippen LogP contribution in [0.5, 0.6) is 5.88 Å². The maximum atomic E-state index is 12.1. The van der Waals surface area contributed by atoms with Crippen LogP contribution in [0.4, 0.5) is 0 Å². The summed E-state index contributed by atoms with van der Waals surface area (Å²) in [4.78, 5) is 12.1. The molecular weight excluding hydrogens is 288 g/mol. The molecular formula is C16H19ClN2O2. The number of aromatic nitrogens is 2. The third kappa shape index (κ3) is 3.64. The monoisotopic (exact) mass is 306 g/mol. The van der Waals surface area contributed by atoms with Crippen LogP contribution in [0.2, 0.25) is 5.02 Å². The minimum absolute atomic E-state index is 0.291. The molecule has 1 aromatic heterocycles. The van der Waals surface area contributed by atoms with E-state index in [4.69, 9.17) is 16.3 Å². The number of nitrogens with zero attached hydrogens (tertiary/aromatic N) is 2. The lowest BCUT2D eigenvalue weighted by molar-refractivity contribution is -0.143. The number of halogens is 1. The van der Waals surface area contributed by atoms with Gasteiger partial charge in [0.2, 0.25) is 5.88 Å². The summed E-state index contributed by atoms with van der Waals surface area (Å²) in [6.07, 6.45) is 0.765. The average molecular weight is 307 g/mol. The van der Waals surface area contributed by atoms with Crippen LogP contribution >= 0.6 is 11.6 Å².